The van der Waals surface area contributed by atoms with E-state index in [9.17, 15) is 4.79 Å². The third-order valence-corrected chi connectivity index (χ3v) is 3.83. The van der Waals surface area contributed by atoms with Crippen LogP contribution in [0.25, 0.3) is 0 Å². The molecule has 0 unspecified atom stereocenters. The number of rotatable bonds is 4. The van der Waals surface area contributed by atoms with Gasteiger partial charge >= 0.3 is 0 Å². The van der Waals surface area contributed by atoms with Crippen LogP contribution in [-0.4, -0.2) is 13.0 Å². The molecule has 0 heterocycles. The second-order valence-electron chi connectivity index (χ2n) is 5.40. The summed E-state index contributed by atoms with van der Waals surface area (Å²) in [7, 11) is 1.93. The molecule has 0 spiro atoms. The Labute approximate surface area is 115 Å². The fourth-order valence-electron chi connectivity index (χ4n) is 2.70. The first-order valence-electron chi connectivity index (χ1n) is 7.34. The molecule has 3 nitrogen and oxygen atoms in total. The summed E-state index contributed by atoms with van der Waals surface area (Å²) in [4.78, 5) is 12.2. The van der Waals surface area contributed by atoms with Crippen molar-refractivity contribution in [3.05, 3.63) is 29.8 Å². The van der Waals surface area contributed by atoms with Crippen molar-refractivity contribution in [1.82, 2.24) is 5.32 Å². The average Bonchev–Trinajstić information content (AvgIpc) is 2.70. The minimum Gasteiger partial charge on any atom is -0.326 e. The van der Waals surface area contributed by atoms with Crippen molar-refractivity contribution in [2.45, 2.75) is 45.1 Å². The highest BCUT2D eigenvalue weighted by Crippen LogP contribution is 2.24. The van der Waals surface area contributed by atoms with Crippen LogP contribution in [0.2, 0.25) is 0 Å². The fourth-order valence-corrected chi connectivity index (χ4v) is 2.70. The van der Waals surface area contributed by atoms with E-state index < -0.39 is 0 Å². The van der Waals surface area contributed by atoms with E-state index in [0.717, 1.165) is 25.1 Å². The van der Waals surface area contributed by atoms with Gasteiger partial charge in [0.05, 0.1) is 0 Å². The molecule has 1 saturated carbocycles. The van der Waals surface area contributed by atoms with E-state index in [4.69, 9.17) is 0 Å². The number of carbonyl (C=O) groups excluding carboxylic acids is 1. The molecule has 104 valence electrons. The zero-order valence-corrected chi connectivity index (χ0v) is 11.7. The van der Waals surface area contributed by atoms with Crippen LogP contribution in [0.3, 0.4) is 0 Å². The predicted molar refractivity (Wildman–Crippen MR) is 79.0 cm³/mol. The zero-order chi connectivity index (χ0) is 13.5. The maximum atomic E-state index is 12.2. The van der Waals surface area contributed by atoms with Crippen LogP contribution in [-0.2, 0) is 11.3 Å². The van der Waals surface area contributed by atoms with Crippen molar-refractivity contribution < 1.29 is 4.79 Å². The van der Waals surface area contributed by atoms with Crippen molar-refractivity contribution in [2.24, 2.45) is 5.92 Å². The molecule has 1 aromatic rings. The molecule has 1 aliphatic rings. The topological polar surface area (TPSA) is 41.1 Å². The Kier molecular flexibility index (Phi) is 5.40. The van der Waals surface area contributed by atoms with Gasteiger partial charge in [0.1, 0.15) is 0 Å². The van der Waals surface area contributed by atoms with E-state index in [-0.39, 0.29) is 11.8 Å². The van der Waals surface area contributed by atoms with E-state index in [1.165, 1.54) is 31.2 Å². The van der Waals surface area contributed by atoms with Gasteiger partial charge in [-0.3, -0.25) is 4.79 Å². The molecule has 2 rings (SSSR count). The van der Waals surface area contributed by atoms with Gasteiger partial charge in [-0.25, -0.2) is 0 Å². The highest BCUT2D eigenvalue weighted by atomic mass is 16.1. The van der Waals surface area contributed by atoms with Gasteiger partial charge in [-0.1, -0.05) is 37.8 Å². The monoisotopic (exact) mass is 260 g/mol. The largest absolute Gasteiger partial charge is 0.326 e. The van der Waals surface area contributed by atoms with E-state index in [0.29, 0.717) is 0 Å². The summed E-state index contributed by atoms with van der Waals surface area (Å²) in [5.74, 6) is 0.405. The third kappa shape index (κ3) is 4.35. The summed E-state index contributed by atoms with van der Waals surface area (Å²) in [5.41, 5.74) is 2.14. The van der Waals surface area contributed by atoms with Gasteiger partial charge in [0.15, 0.2) is 0 Å². The summed E-state index contributed by atoms with van der Waals surface area (Å²) >= 11 is 0. The molecular weight excluding hydrogens is 236 g/mol. The van der Waals surface area contributed by atoms with Gasteiger partial charge in [-0.15, -0.1) is 0 Å². The van der Waals surface area contributed by atoms with Gasteiger partial charge < -0.3 is 10.6 Å². The standard InChI is InChI=1S/C16H24N2O/c1-17-12-13-8-10-15(11-9-13)18-16(19)14-6-4-2-3-5-7-14/h8-11,14,17H,2-7,12H2,1H3,(H,18,19). The number of benzene rings is 1. The zero-order valence-electron chi connectivity index (χ0n) is 11.7. The van der Waals surface area contributed by atoms with Gasteiger partial charge in [0, 0.05) is 18.2 Å². The lowest BCUT2D eigenvalue weighted by Crippen LogP contribution is -2.22. The molecule has 2 N–H and O–H groups in total. The summed E-state index contributed by atoms with van der Waals surface area (Å²) in [6, 6.07) is 8.08. The molecule has 1 aromatic carbocycles. The number of hydrogen-bond donors (Lipinski definition) is 2. The fraction of sp³-hybridized carbons (Fsp3) is 0.562. The van der Waals surface area contributed by atoms with Crippen LogP contribution in [0, 0.1) is 5.92 Å². The second kappa shape index (κ2) is 7.29. The number of hydrogen-bond acceptors (Lipinski definition) is 2. The minimum atomic E-state index is 0.197. The summed E-state index contributed by atoms with van der Waals surface area (Å²) < 4.78 is 0. The van der Waals surface area contributed by atoms with Crippen molar-refractivity contribution in [3.8, 4) is 0 Å². The Balaban J connectivity index is 1.90. The van der Waals surface area contributed by atoms with Gasteiger partial charge in [0.2, 0.25) is 5.91 Å². The van der Waals surface area contributed by atoms with Crippen LogP contribution in [0.4, 0.5) is 5.69 Å². The smallest absolute Gasteiger partial charge is 0.227 e. The van der Waals surface area contributed by atoms with E-state index >= 15 is 0 Å². The Morgan fingerprint density at radius 1 is 1.11 bits per heavy atom. The highest BCUT2D eigenvalue weighted by Gasteiger charge is 2.19. The SMILES string of the molecule is CNCc1ccc(NC(=O)C2CCCCCC2)cc1. The van der Waals surface area contributed by atoms with Crippen LogP contribution in [0.1, 0.15) is 44.1 Å². The predicted octanol–water partition coefficient (Wildman–Crippen LogP) is 3.31. The second-order valence-corrected chi connectivity index (χ2v) is 5.40. The van der Waals surface area contributed by atoms with Crippen LogP contribution in [0.15, 0.2) is 24.3 Å². The first-order chi connectivity index (χ1) is 9.29. The van der Waals surface area contributed by atoms with Crippen LogP contribution >= 0.6 is 0 Å². The normalized spacial score (nSPS) is 16.9. The van der Waals surface area contributed by atoms with E-state index in [2.05, 4.69) is 22.8 Å². The maximum Gasteiger partial charge on any atom is 0.227 e. The lowest BCUT2D eigenvalue weighted by atomic mass is 9.99. The van der Waals surface area contributed by atoms with Crippen LogP contribution in [0.5, 0.6) is 0 Å². The molecular formula is C16H24N2O. The maximum absolute atomic E-state index is 12.2. The highest BCUT2D eigenvalue weighted by molar-refractivity contribution is 5.92. The Hall–Kier alpha value is -1.35. The molecule has 0 radical (unpaired) electrons. The molecule has 0 bridgehead atoms. The first-order valence-corrected chi connectivity index (χ1v) is 7.34. The van der Waals surface area contributed by atoms with Crippen molar-refractivity contribution in [3.63, 3.8) is 0 Å². The number of nitrogens with one attached hydrogen (secondary N) is 2. The minimum absolute atomic E-state index is 0.197. The Morgan fingerprint density at radius 2 is 1.74 bits per heavy atom. The molecule has 0 aromatic heterocycles. The lowest BCUT2D eigenvalue weighted by Gasteiger charge is -2.14. The number of anilines is 1. The lowest BCUT2D eigenvalue weighted by molar-refractivity contribution is -0.120. The van der Waals surface area contributed by atoms with Gasteiger partial charge in [0.25, 0.3) is 0 Å². The van der Waals surface area contributed by atoms with Crippen LogP contribution < -0.4 is 10.6 Å². The van der Waals surface area contributed by atoms with Crippen molar-refractivity contribution in [1.29, 1.82) is 0 Å². The molecule has 0 aliphatic heterocycles. The number of amides is 1. The summed E-state index contributed by atoms with van der Waals surface area (Å²) in [6.07, 6.45) is 7.04. The average molecular weight is 260 g/mol. The summed E-state index contributed by atoms with van der Waals surface area (Å²) in [6.45, 7) is 0.858. The van der Waals surface area contributed by atoms with E-state index in [1.807, 2.05) is 19.2 Å². The number of carbonyl (C=O) groups is 1. The third-order valence-electron chi connectivity index (χ3n) is 3.83. The molecule has 0 saturated heterocycles. The molecule has 1 amide bonds. The summed E-state index contributed by atoms with van der Waals surface area (Å²) in [5, 5.41) is 6.16. The Morgan fingerprint density at radius 3 is 2.32 bits per heavy atom. The van der Waals surface area contributed by atoms with Crippen molar-refractivity contribution in [2.75, 3.05) is 12.4 Å². The molecule has 1 aliphatic carbocycles. The molecule has 1 fully saturated rings. The van der Waals surface area contributed by atoms with E-state index in [1.54, 1.807) is 0 Å². The Bertz CT molecular complexity index is 392. The molecule has 0 atom stereocenters. The quantitative estimate of drug-likeness (QED) is 0.815. The molecule has 3 heteroatoms. The van der Waals surface area contributed by atoms with Gasteiger partial charge in [-0.2, -0.15) is 0 Å². The van der Waals surface area contributed by atoms with Gasteiger partial charge in [-0.05, 0) is 37.6 Å². The molecule has 19 heavy (non-hydrogen) atoms. The first kappa shape index (κ1) is 14.1. The van der Waals surface area contributed by atoms with Crippen molar-refractivity contribution >= 4 is 11.6 Å².